The van der Waals surface area contributed by atoms with Gasteiger partial charge in [-0.3, -0.25) is 4.79 Å². The fraction of sp³-hybridized carbons (Fsp3) is 0.407. The Balaban J connectivity index is 1.24. The maximum Gasteiger partial charge on any atom is 0.223 e. The Hall–Kier alpha value is -2.57. The Bertz CT molecular complexity index is 1120. The summed E-state index contributed by atoms with van der Waals surface area (Å²) < 4.78 is 0. The summed E-state index contributed by atoms with van der Waals surface area (Å²) in [6.07, 6.45) is 10.3. The molecule has 0 atom stereocenters. The lowest BCUT2D eigenvalue weighted by Crippen LogP contribution is -2.32. The summed E-state index contributed by atoms with van der Waals surface area (Å²) in [5.74, 6) is 0.412. The number of carbonyl (C=O) groups excluding carboxylic acids is 1. The number of hydrogen-bond donors (Lipinski definition) is 4. The van der Waals surface area contributed by atoms with Gasteiger partial charge in [0, 0.05) is 46.8 Å². The normalized spacial score (nSPS) is 14.1. The maximum absolute atomic E-state index is 12.4. The molecule has 5 nitrogen and oxygen atoms in total. The van der Waals surface area contributed by atoms with E-state index in [1.807, 2.05) is 24.3 Å². The van der Waals surface area contributed by atoms with Crippen LogP contribution in [0.5, 0.6) is 0 Å². The monoisotopic (exact) mass is 496 g/mol. The minimum atomic E-state index is 0.199. The molecule has 4 N–H and O–H groups in total. The number of nitrogens with one attached hydrogen (secondary N) is 4. The molecule has 7 heteroatoms. The van der Waals surface area contributed by atoms with Gasteiger partial charge < -0.3 is 20.9 Å². The van der Waals surface area contributed by atoms with Crippen LogP contribution in [0.2, 0.25) is 5.02 Å². The van der Waals surface area contributed by atoms with Crippen molar-refractivity contribution >= 4 is 51.4 Å². The highest BCUT2D eigenvalue weighted by molar-refractivity contribution is 7.80. The second-order valence-corrected chi connectivity index (χ2v) is 9.87. The van der Waals surface area contributed by atoms with Crippen LogP contribution in [0.4, 0.5) is 5.69 Å². The molecular weight excluding hydrogens is 464 g/mol. The highest BCUT2D eigenvalue weighted by atomic mass is 35.5. The number of aromatic nitrogens is 1. The minimum Gasteiger partial charge on any atom is -0.362 e. The number of benzene rings is 2. The molecule has 1 amide bonds. The summed E-state index contributed by atoms with van der Waals surface area (Å²) in [7, 11) is 0. The summed E-state index contributed by atoms with van der Waals surface area (Å²) in [5.41, 5.74) is 4.47. The third-order valence-corrected chi connectivity index (χ3v) is 7.05. The van der Waals surface area contributed by atoms with Gasteiger partial charge in [0.1, 0.15) is 0 Å². The number of amides is 1. The number of anilines is 1. The van der Waals surface area contributed by atoms with E-state index in [-0.39, 0.29) is 11.8 Å². The fourth-order valence-electron chi connectivity index (χ4n) is 4.71. The Morgan fingerprint density at radius 1 is 1.00 bits per heavy atom. The zero-order valence-electron chi connectivity index (χ0n) is 19.5. The van der Waals surface area contributed by atoms with Crippen molar-refractivity contribution < 1.29 is 4.79 Å². The molecule has 1 heterocycles. The summed E-state index contributed by atoms with van der Waals surface area (Å²) in [5, 5.41) is 12.3. The minimum absolute atomic E-state index is 0.199. The number of aromatic amines is 1. The molecule has 0 bridgehead atoms. The maximum atomic E-state index is 12.4. The van der Waals surface area contributed by atoms with Crippen molar-refractivity contribution in [3.8, 4) is 0 Å². The van der Waals surface area contributed by atoms with Crippen molar-refractivity contribution in [1.82, 2.24) is 15.6 Å². The number of rotatable bonds is 9. The number of fused-ring (bicyclic) bond motifs is 1. The van der Waals surface area contributed by atoms with Gasteiger partial charge in [-0.15, -0.1) is 0 Å². The molecule has 180 valence electrons. The Morgan fingerprint density at radius 3 is 2.68 bits per heavy atom. The van der Waals surface area contributed by atoms with Gasteiger partial charge in [-0.2, -0.15) is 0 Å². The summed E-state index contributed by atoms with van der Waals surface area (Å²) >= 11 is 11.8. The highest BCUT2D eigenvalue weighted by Crippen LogP contribution is 2.24. The van der Waals surface area contributed by atoms with Crippen molar-refractivity contribution in [3.05, 3.63) is 64.8 Å². The standard InChI is InChI=1S/C27H33ClN4OS/c28-22-12-13-24(20(17-22)9-6-15-29-26(33)19-7-2-1-3-8-19)32-27(34)30-16-14-21-18-31-25-11-5-4-10-23(21)25/h4-5,10-13,17-19,31H,1-3,6-9,14-16H2,(H,29,33)(H2,30,32,34). The number of para-hydroxylation sites is 1. The van der Waals surface area contributed by atoms with E-state index >= 15 is 0 Å². The molecule has 34 heavy (non-hydrogen) atoms. The van der Waals surface area contributed by atoms with Crippen LogP contribution in [-0.2, 0) is 17.6 Å². The quantitative estimate of drug-likeness (QED) is 0.217. The van der Waals surface area contributed by atoms with E-state index in [2.05, 4.69) is 45.3 Å². The SMILES string of the molecule is O=C(NCCCc1cc(Cl)ccc1NC(=S)NCCc1c[nH]c2ccccc12)C1CCCCC1. The molecule has 1 aliphatic carbocycles. The molecule has 0 saturated heterocycles. The van der Waals surface area contributed by atoms with Gasteiger partial charge >= 0.3 is 0 Å². The van der Waals surface area contributed by atoms with Gasteiger partial charge in [0.15, 0.2) is 5.11 Å². The summed E-state index contributed by atoms with van der Waals surface area (Å²) in [6.45, 7) is 1.42. The molecule has 2 aromatic carbocycles. The van der Waals surface area contributed by atoms with Crippen LogP contribution in [-0.4, -0.2) is 29.1 Å². The smallest absolute Gasteiger partial charge is 0.223 e. The zero-order chi connectivity index (χ0) is 23.8. The zero-order valence-corrected chi connectivity index (χ0v) is 21.0. The van der Waals surface area contributed by atoms with Crippen LogP contribution in [0.25, 0.3) is 10.9 Å². The number of carbonyl (C=O) groups is 1. The van der Waals surface area contributed by atoms with Gasteiger partial charge in [0.05, 0.1) is 0 Å². The highest BCUT2D eigenvalue weighted by Gasteiger charge is 2.20. The van der Waals surface area contributed by atoms with Gasteiger partial charge in [-0.1, -0.05) is 49.1 Å². The first-order valence-corrected chi connectivity index (χ1v) is 13.0. The number of hydrogen-bond acceptors (Lipinski definition) is 2. The number of aryl methyl sites for hydroxylation is 1. The lowest BCUT2D eigenvalue weighted by atomic mass is 9.88. The van der Waals surface area contributed by atoms with Gasteiger partial charge in [0.25, 0.3) is 0 Å². The van der Waals surface area contributed by atoms with Crippen LogP contribution in [0.1, 0.15) is 49.7 Å². The molecule has 0 radical (unpaired) electrons. The molecule has 3 aromatic rings. The fourth-order valence-corrected chi connectivity index (χ4v) is 5.11. The topological polar surface area (TPSA) is 69.0 Å². The molecule has 0 unspecified atom stereocenters. The Morgan fingerprint density at radius 2 is 1.82 bits per heavy atom. The second kappa shape index (κ2) is 12.2. The van der Waals surface area contributed by atoms with Gasteiger partial charge in [-0.25, -0.2) is 0 Å². The van der Waals surface area contributed by atoms with Crippen molar-refractivity contribution in [2.45, 2.75) is 51.4 Å². The van der Waals surface area contributed by atoms with Crippen LogP contribution in [0.3, 0.4) is 0 Å². The molecule has 0 aliphatic heterocycles. The average molecular weight is 497 g/mol. The molecule has 1 fully saturated rings. The average Bonchev–Trinajstić information content (AvgIpc) is 3.27. The molecule has 1 aliphatic rings. The molecule has 1 aromatic heterocycles. The van der Waals surface area contributed by atoms with Crippen molar-refractivity contribution in [2.75, 3.05) is 18.4 Å². The third kappa shape index (κ3) is 6.73. The van der Waals surface area contributed by atoms with Crippen molar-refractivity contribution in [2.24, 2.45) is 5.92 Å². The van der Waals surface area contributed by atoms with E-state index < -0.39 is 0 Å². The van der Waals surface area contributed by atoms with Crippen molar-refractivity contribution in [3.63, 3.8) is 0 Å². The predicted molar refractivity (Wildman–Crippen MR) is 146 cm³/mol. The van der Waals surface area contributed by atoms with Gasteiger partial charge in [0.2, 0.25) is 5.91 Å². The number of thiocarbonyl (C=S) groups is 1. The van der Waals surface area contributed by atoms with Crippen LogP contribution < -0.4 is 16.0 Å². The van der Waals surface area contributed by atoms with E-state index in [1.165, 1.54) is 30.2 Å². The molecule has 1 saturated carbocycles. The molecular formula is C27H33ClN4OS. The van der Waals surface area contributed by atoms with Crippen LogP contribution >= 0.6 is 23.8 Å². The number of H-pyrrole nitrogens is 1. The summed E-state index contributed by atoms with van der Waals surface area (Å²) in [4.78, 5) is 15.7. The van der Waals surface area contributed by atoms with E-state index in [0.717, 1.165) is 55.4 Å². The lowest BCUT2D eigenvalue weighted by molar-refractivity contribution is -0.125. The first-order valence-electron chi connectivity index (χ1n) is 12.3. The predicted octanol–water partition coefficient (Wildman–Crippen LogP) is 5.98. The Labute approximate surface area is 212 Å². The van der Waals surface area contributed by atoms with E-state index in [0.29, 0.717) is 16.7 Å². The molecule has 0 spiro atoms. The lowest BCUT2D eigenvalue weighted by Gasteiger charge is -2.20. The molecule has 4 rings (SSSR count). The first-order chi connectivity index (χ1) is 16.6. The largest absolute Gasteiger partial charge is 0.362 e. The van der Waals surface area contributed by atoms with E-state index in [9.17, 15) is 4.79 Å². The number of halogens is 1. The summed E-state index contributed by atoms with van der Waals surface area (Å²) in [6, 6.07) is 14.1. The third-order valence-electron chi connectivity index (χ3n) is 6.57. The van der Waals surface area contributed by atoms with Crippen molar-refractivity contribution in [1.29, 1.82) is 0 Å². The van der Waals surface area contributed by atoms with Crippen LogP contribution in [0, 0.1) is 5.92 Å². The second-order valence-electron chi connectivity index (χ2n) is 9.02. The first kappa shape index (κ1) is 24.6. The van der Waals surface area contributed by atoms with E-state index in [1.54, 1.807) is 0 Å². The van der Waals surface area contributed by atoms with E-state index in [4.69, 9.17) is 23.8 Å². The van der Waals surface area contributed by atoms with Crippen LogP contribution in [0.15, 0.2) is 48.7 Å². The Kier molecular flexibility index (Phi) is 8.83. The van der Waals surface area contributed by atoms with Gasteiger partial charge in [-0.05, 0) is 79.7 Å².